The summed E-state index contributed by atoms with van der Waals surface area (Å²) in [6.45, 7) is 15.7. The maximum absolute atomic E-state index is 10.2. The van der Waals surface area contributed by atoms with E-state index < -0.39 is 17.9 Å². The van der Waals surface area contributed by atoms with Gasteiger partial charge in [-0.2, -0.15) is 0 Å². The predicted molar refractivity (Wildman–Crippen MR) is 89.3 cm³/mol. The smallest absolute Gasteiger partial charge is 0.332 e. The minimum absolute atomic E-state index is 0.176. The Labute approximate surface area is 141 Å². The summed E-state index contributed by atoms with van der Waals surface area (Å²) in [6, 6.07) is 0. The van der Waals surface area contributed by atoms with Crippen molar-refractivity contribution >= 4 is 23.9 Å². The van der Waals surface area contributed by atoms with E-state index in [1.165, 1.54) is 21.1 Å². The maximum atomic E-state index is 10.2. The molecular weight excluding hydrogens is 320 g/mol. The highest BCUT2D eigenvalue weighted by atomic mass is 16.5. The van der Waals surface area contributed by atoms with Gasteiger partial charge in [0.1, 0.15) is 0 Å². The monoisotopic (exact) mass is 344 g/mol. The standard InChI is InChI=1S/C5H8O2.2C4H6O2.C3H4O2/c1-4(2)5(6)7-3;1-3-4(5)6-2;1-3(2)4(5)6;1-2-3(4)5/h1H2,2-3H3;3H,1H2,2H3;1H2,2H3,(H,5,6);2H,1H2,(H,4,5). The van der Waals surface area contributed by atoms with Crippen molar-refractivity contribution in [2.24, 2.45) is 0 Å². The number of rotatable bonds is 4. The number of hydrogen-bond acceptors (Lipinski definition) is 6. The number of aliphatic carboxylic acids is 2. The minimum Gasteiger partial charge on any atom is -0.478 e. The molecule has 0 aromatic rings. The average Bonchev–Trinajstić information content (AvgIpc) is 2.54. The fourth-order valence-electron chi connectivity index (χ4n) is 0.258. The first-order chi connectivity index (χ1) is 10.9. The van der Waals surface area contributed by atoms with Crippen LogP contribution in [0.1, 0.15) is 13.8 Å². The van der Waals surface area contributed by atoms with Gasteiger partial charge in [-0.3, -0.25) is 0 Å². The van der Waals surface area contributed by atoms with E-state index in [-0.39, 0.29) is 11.5 Å². The lowest BCUT2D eigenvalue weighted by molar-refractivity contribution is -0.136. The molecule has 0 unspecified atom stereocenters. The summed E-state index contributed by atoms with van der Waals surface area (Å²) in [5, 5.41) is 15.5. The third-order valence-corrected chi connectivity index (χ3v) is 1.44. The fraction of sp³-hybridized carbons (Fsp3) is 0.250. The molecule has 8 nitrogen and oxygen atoms in total. The Morgan fingerprint density at radius 1 is 0.833 bits per heavy atom. The average molecular weight is 344 g/mol. The van der Waals surface area contributed by atoms with E-state index >= 15 is 0 Å². The molecule has 0 aromatic carbocycles. The maximum Gasteiger partial charge on any atom is 0.332 e. The number of carbonyl (C=O) groups is 4. The molecule has 0 aliphatic carbocycles. The molecule has 0 fully saturated rings. The lowest BCUT2D eigenvalue weighted by Gasteiger charge is -1.91. The topological polar surface area (TPSA) is 127 Å². The second-order valence-corrected chi connectivity index (χ2v) is 3.63. The van der Waals surface area contributed by atoms with Crippen molar-refractivity contribution in [2.45, 2.75) is 13.8 Å². The molecule has 24 heavy (non-hydrogen) atoms. The summed E-state index contributed by atoms with van der Waals surface area (Å²) in [5.74, 6) is -2.66. The lowest BCUT2D eigenvalue weighted by atomic mass is 10.4. The summed E-state index contributed by atoms with van der Waals surface area (Å²) in [5.41, 5.74) is 0.609. The van der Waals surface area contributed by atoms with Crippen LogP contribution in [0.3, 0.4) is 0 Å². The van der Waals surface area contributed by atoms with Crippen LogP contribution in [0.2, 0.25) is 0 Å². The van der Waals surface area contributed by atoms with Crippen molar-refractivity contribution in [1.82, 2.24) is 0 Å². The molecule has 0 rings (SSSR count). The van der Waals surface area contributed by atoms with Crippen LogP contribution in [0.15, 0.2) is 49.6 Å². The van der Waals surface area contributed by atoms with E-state index in [4.69, 9.17) is 10.2 Å². The third-order valence-electron chi connectivity index (χ3n) is 1.44. The molecule has 136 valence electrons. The van der Waals surface area contributed by atoms with Crippen molar-refractivity contribution in [3.63, 3.8) is 0 Å². The number of ether oxygens (including phenoxy) is 2. The minimum atomic E-state index is -0.981. The van der Waals surface area contributed by atoms with Gasteiger partial charge in [-0.15, -0.1) is 0 Å². The number of hydrogen-bond donors (Lipinski definition) is 2. The Balaban J connectivity index is -0.000000112. The van der Waals surface area contributed by atoms with Gasteiger partial charge in [0.2, 0.25) is 0 Å². The van der Waals surface area contributed by atoms with Crippen LogP contribution in [-0.2, 0) is 28.7 Å². The SMILES string of the molecule is C=C(C)C(=O)O.C=C(C)C(=O)OC.C=CC(=O)O.C=CC(=O)OC. The van der Waals surface area contributed by atoms with Gasteiger partial charge in [0.05, 0.1) is 14.2 Å². The van der Waals surface area contributed by atoms with Crippen LogP contribution in [-0.4, -0.2) is 48.3 Å². The molecule has 0 aromatic heterocycles. The van der Waals surface area contributed by atoms with Crippen molar-refractivity contribution in [1.29, 1.82) is 0 Å². The number of carboxylic acids is 2. The van der Waals surface area contributed by atoms with Gasteiger partial charge in [0.15, 0.2) is 0 Å². The van der Waals surface area contributed by atoms with Crippen LogP contribution in [0.4, 0.5) is 0 Å². The highest BCUT2D eigenvalue weighted by Crippen LogP contribution is 1.87. The zero-order chi connectivity index (χ0) is 20.3. The Kier molecular flexibility index (Phi) is 23.9. The highest BCUT2D eigenvalue weighted by Gasteiger charge is 1.95. The molecule has 0 radical (unpaired) electrons. The summed E-state index contributed by atoms with van der Waals surface area (Å²) >= 11 is 0. The molecule has 0 atom stereocenters. The summed E-state index contributed by atoms with van der Waals surface area (Å²) in [6.07, 6.45) is 1.94. The Bertz CT molecular complexity index is 460. The van der Waals surface area contributed by atoms with Crippen molar-refractivity contribution < 1.29 is 38.9 Å². The fourth-order valence-corrected chi connectivity index (χ4v) is 0.258. The van der Waals surface area contributed by atoms with E-state index in [1.807, 2.05) is 0 Å². The Morgan fingerprint density at radius 2 is 1.17 bits per heavy atom. The molecule has 0 amide bonds. The van der Waals surface area contributed by atoms with E-state index in [1.54, 1.807) is 6.92 Å². The zero-order valence-electron chi connectivity index (χ0n) is 14.3. The predicted octanol–water partition coefficient (Wildman–Crippen LogP) is 1.99. The highest BCUT2D eigenvalue weighted by molar-refractivity contribution is 5.86. The number of carboxylic acid groups (broad SMARTS) is 2. The Hall–Kier alpha value is -3.16. The molecule has 8 heteroatoms. The number of methoxy groups -OCH3 is 2. The van der Waals surface area contributed by atoms with Crippen LogP contribution >= 0.6 is 0 Å². The van der Waals surface area contributed by atoms with Crippen molar-refractivity contribution in [2.75, 3.05) is 14.2 Å². The van der Waals surface area contributed by atoms with Crippen LogP contribution in [0, 0.1) is 0 Å². The largest absolute Gasteiger partial charge is 0.478 e. The molecule has 0 heterocycles. The second kappa shape index (κ2) is 19.8. The zero-order valence-corrected chi connectivity index (χ0v) is 14.3. The van der Waals surface area contributed by atoms with Gasteiger partial charge in [0, 0.05) is 23.3 Å². The van der Waals surface area contributed by atoms with Crippen LogP contribution in [0.5, 0.6) is 0 Å². The van der Waals surface area contributed by atoms with Gasteiger partial charge in [-0.1, -0.05) is 26.3 Å². The molecule has 0 saturated carbocycles. The second-order valence-electron chi connectivity index (χ2n) is 3.63. The lowest BCUT2D eigenvalue weighted by Crippen LogP contribution is -1.98. The first kappa shape index (κ1) is 28.9. The molecule has 0 aliphatic rings. The molecule has 2 N–H and O–H groups in total. The van der Waals surface area contributed by atoms with Gasteiger partial charge >= 0.3 is 23.9 Å². The molecule has 0 spiro atoms. The Morgan fingerprint density at radius 3 is 1.17 bits per heavy atom. The van der Waals surface area contributed by atoms with E-state index in [9.17, 15) is 19.2 Å². The van der Waals surface area contributed by atoms with E-state index in [0.717, 1.165) is 12.2 Å². The molecule has 0 bridgehead atoms. The number of esters is 2. The number of carbonyl (C=O) groups excluding carboxylic acids is 2. The molecule has 0 saturated heterocycles. The van der Waals surface area contributed by atoms with Gasteiger partial charge in [-0.25, -0.2) is 19.2 Å². The van der Waals surface area contributed by atoms with E-state index in [2.05, 4.69) is 35.8 Å². The summed E-state index contributed by atoms with van der Waals surface area (Å²) < 4.78 is 8.42. The van der Waals surface area contributed by atoms with Crippen molar-refractivity contribution in [3.8, 4) is 0 Å². The van der Waals surface area contributed by atoms with Crippen LogP contribution in [0.25, 0.3) is 0 Å². The van der Waals surface area contributed by atoms with Gasteiger partial charge < -0.3 is 19.7 Å². The normalized spacial score (nSPS) is 7.17. The quantitative estimate of drug-likeness (QED) is 0.585. The van der Waals surface area contributed by atoms with Gasteiger partial charge in [-0.05, 0) is 13.8 Å². The van der Waals surface area contributed by atoms with Crippen molar-refractivity contribution in [3.05, 3.63) is 49.6 Å². The first-order valence-electron chi connectivity index (χ1n) is 6.09. The van der Waals surface area contributed by atoms with Gasteiger partial charge in [0.25, 0.3) is 0 Å². The van der Waals surface area contributed by atoms with E-state index in [0.29, 0.717) is 5.57 Å². The molecule has 0 aliphatic heterocycles. The summed E-state index contributed by atoms with van der Waals surface area (Å²) in [4.78, 5) is 38.9. The molecular formula is C16H24O8. The first-order valence-corrected chi connectivity index (χ1v) is 6.09. The van der Waals surface area contributed by atoms with Crippen LogP contribution < -0.4 is 0 Å². The summed E-state index contributed by atoms with van der Waals surface area (Å²) in [7, 11) is 2.64. The third kappa shape index (κ3) is 36.4.